The van der Waals surface area contributed by atoms with Crippen molar-refractivity contribution in [1.82, 2.24) is 19.6 Å². The zero-order chi connectivity index (χ0) is 21.0. The summed E-state index contributed by atoms with van der Waals surface area (Å²) < 4.78 is 1.43. The third-order valence-corrected chi connectivity index (χ3v) is 4.94. The summed E-state index contributed by atoms with van der Waals surface area (Å²) in [6.45, 7) is -0.0430. The number of para-hydroxylation sites is 1. The summed E-state index contributed by atoms with van der Waals surface area (Å²) in [6.07, 6.45) is 1.77. The van der Waals surface area contributed by atoms with Crippen molar-refractivity contribution in [2.24, 2.45) is 13.0 Å². The maximum atomic E-state index is 12.7. The first-order valence-corrected chi connectivity index (χ1v) is 9.19. The molecule has 1 fully saturated rings. The molecule has 9 nitrogen and oxygen atoms in total. The summed E-state index contributed by atoms with van der Waals surface area (Å²) in [7, 11) is 3.16. The number of likely N-dealkylation sites (N-methyl/N-ethyl adjacent to an activating group) is 1. The number of aryl methyl sites for hydroxylation is 1. The zero-order valence-electron chi connectivity index (χ0n) is 16.3. The van der Waals surface area contributed by atoms with Crippen molar-refractivity contribution < 1.29 is 14.4 Å². The van der Waals surface area contributed by atoms with Gasteiger partial charge in [0.25, 0.3) is 5.91 Å². The normalized spacial score (nSPS) is 18.2. The Balaban J connectivity index is 1.62. The Bertz CT molecular complexity index is 949. The highest BCUT2D eigenvalue weighted by molar-refractivity contribution is 5.96. The molecule has 0 spiro atoms. The number of nitrogens with zero attached hydrogens (tertiary/aromatic N) is 5. The number of likely N-dealkylation sites (tertiary alicyclic amines) is 1. The van der Waals surface area contributed by atoms with Gasteiger partial charge in [-0.1, -0.05) is 18.2 Å². The molecule has 2 unspecified atom stereocenters. The Kier molecular flexibility index (Phi) is 5.93. The van der Waals surface area contributed by atoms with Gasteiger partial charge in [0, 0.05) is 32.5 Å². The molecule has 2 atom stereocenters. The van der Waals surface area contributed by atoms with Crippen molar-refractivity contribution >= 4 is 23.4 Å². The fourth-order valence-electron chi connectivity index (χ4n) is 3.33. The van der Waals surface area contributed by atoms with Crippen LogP contribution in [0, 0.1) is 17.2 Å². The van der Waals surface area contributed by atoms with Crippen LogP contribution in [0.1, 0.15) is 16.9 Å². The quantitative estimate of drug-likeness (QED) is 0.809. The van der Waals surface area contributed by atoms with E-state index in [0.29, 0.717) is 11.4 Å². The van der Waals surface area contributed by atoms with Crippen LogP contribution in [0.5, 0.6) is 0 Å². The van der Waals surface area contributed by atoms with Gasteiger partial charge < -0.3 is 15.1 Å². The summed E-state index contributed by atoms with van der Waals surface area (Å²) in [4.78, 5) is 40.4. The van der Waals surface area contributed by atoms with Gasteiger partial charge in [-0.05, 0) is 24.6 Å². The third kappa shape index (κ3) is 4.43. The van der Waals surface area contributed by atoms with Crippen LogP contribution >= 0.6 is 0 Å². The van der Waals surface area contributed by atoms with Gasteiger partial charge >= 0.3 is 0 Å². The number of benzene rings is 1. The number of carbonyl (C=O) groups is 3. The maximum Gasteiger partial charge on any atom is 0.272 e. The first-order valence-electron chi connectivity index (χ1n) is 9.19. The molecule has 1 aromatic heterocycles. The summed E-state index contributed by atoms with van der Waals surface area (Å²) >= 11 is 0. The van der Waals surface area contributed by atoms with Gasteiger partial charge in [0.15, 0.2) is 0 Å². The summed E-state index contributed by atoms with van der Waals surface area (Å²) in [5.41, 5.74) is 1.02. The lowest BCUT2D eigenvalue weighted by atomic mass is 10.1. The fourth-order valence-corrected chi connectivity index (χ4v) is 3.33. The topological polar surface area (TPSA) is 111 Å². The second-order valence-electron chi connectivity index (χ2n) is 6.98. The van der Waals surface area contributed by atoms with Gasteiger partial charge in [-0.3, -0.25) is 19.1 Å². The molecule has 3 amide bonds. The standard InChI is InChI=1S/C20H22N6O3/c1-24(20(29)17-8-9-22-25(17)2)13-18(27)26-12-14(10-16(26)11-21)19(28)23-15-6-4-3-5-7-15/h3-9,14,16H,10,12-13H2,1-2H3,(H,23,28). The van der Waals surface area contributed by atoms with Crippen molar-refractivity contribution in [3.8, 4) is 6.07 Å². The second-order valence-corrected chi connectivity index (χ2v) is 6.98. The van der Waals surface area contributed by atoms with E-state index in [1.54, 1.807) is 25.2 Å². The van der Waals surface area contributed by atoms with Gasteiger partial charge in [-0.15, -0.1) is 0 Å². The van der Waals surface area contributed by atoms with Gasteiger partial charge in [-0.2, -0.15) is 10.4 Å². The minimum absolute atomic E-state index is 0.142. The Hall–Kier alpha value is -3.67. The lowest BCUT2D eigenvalue weighted by Gasteiger charge is -2.23. The van der Waals surface area contributed by atoms with E-state index in [0.717, 1.165) is 0 Å². The molecule has 9 heteroatoms. The molecule has 2 heterocycles. The van der Waals surface area contributed by atoms with Crippen LogP contribution in [0.2, 0.25) is 0 Å². The van der Waals surface area contributed by atoms with Crippen molar-refractivity contribution in [2.75, 3.05) is 25.5 Å². The molecule has 1 aliphatic rings. The summed E-state index contributed by atoms with van der Waals surface area (Å²) in [5.74, 6) is -1.43. The highest BCUT2D eigenvalue weighted by Crippen LogP contribution is 2.25. The van der Waals surface area contributed by atoms with E-state index in [1.165, 1.54) is 27.7 Å². The number of nitrogens with one attached hydrogen (secondary N) is 1. The Morgan fingerprint density at radius 3 is 2.62 bits per heavy atom. The molecule has 3 rings (SSSR count). The molecule has 0 aliphatic carbocycles. The van der Waals surface area contributed by atoms with E-state index in [-0.39, 0.29) is 37.2 Å². The van der Waals surface area contributed by atoms with E-state index >= 15 is 0 Å². The number of rotatable bonds is 5. The molecular formula is C20H22N6O3. The van der Waals surface area contributed by atoms with Crippen LogP contribution in [0.4, 0.5) is 5.69 Å². The van der Waals surface area contributed by atoms with Gasteiger partial charge in [0.1, 0.15) is 11.7 Å². The fraction of sp³-hybridized carbons (Fsp3) is 0.350. The summed E-state index contributed by atoms with van der Waals surface area (Å²) in [6, 6.07) is 12.0. The highest BCUT2D eigenvalue weighted by Gasteiger charge is 2.39. The van der Waals surface area contributed by atoms with Crippen LogP contribution < -0.4 is 5.32 Å². The zero-order valence-corrected chi connectivity index (χ0v) is 16.3. The number of aromatic nitrogens is 2. The predicted octanol–water partition coefficient (Wildman–Crippen LogP) is 0.871. The number of hydrogen-bond donors (Lipinski definition) is 1. The molecule has 0 radical (unpaired) electrons. The van der Waals surface area contributed by atoms with Crippen LogP contribution in [0.15, 0.2) is 42.6 Å². The third-order valence-electron chi connectivity index (χ3n) is 4.94. The van der Waals surface area contributed by atoms with Crippen LogP contribution in [0.3, 0.4) is 0 Å². The first-order chi connectivity index (χ1) is 13.9. The van der Waals surface area contributed by atoms with Crippen LogP contribution in [-0.4, -0.2) is 63.5 Å². The number of carbonyl (C=O) groups excluding carboxylic acids is 3. The number of hydrogen-bond acceptors (Lipinski definition) is 5. The van der Waals surface area contributed by atoms with Crippen LogP contribution in [-0.2, 0) is 16.6 Å². The average molecular weight is 394 g/mol. The molecule has 1 aliphatic heterocycles. The Morgan fingerprint density at radius 1 is 1.28 bits per heavy atom. The van der Waals surface area contributed by atoms with E-state index in [4.69, 9.17) is 0 Å². The second kappa shape index (κ2) is 8.56. The van der Waals surface area contributed by atoms with Gasteiger partial charge in [-0.25, -0.2) is 0 Å². The predicted molar refractivity (Wildman–Crippen MR) is 104 cm³/mol. The smallest absolute Gasteiger partial charge is 0.272 e. The van der Waals surface area contributed by atoms with Crippen molar-refractivity contribution in [3.05, 3.63) is 48.3 Å². The molecule has 0 saturated carbocycles. The average Bonchev–Trinajstić information content (AvgIpc) is 3.34. The molecule has 29 heavy (non-hydrogen) atoms. The monoisotopic (exact) mass is 394 g/mol. The highest BCUT2D eigenvalue weighted by atomic mass is 16.2. The largest absolute Gasteiger partial charge is 0.331 e. The SMILES string of the molecule is CN(CC(=O)N1CC(C(=O)Nc2ccccc2)CC1C#N)C(=O)c1ccnn1C. The minimum Gasteiger partial charge on any atom is -0.331 e. The number of anilines is 1. The lowest BCUT2D eigenvalue weighted by molar-refractivity contribution is -0.131. The molecule has 1 N–H and O–H groups in total. The Morgan fingerprint density at radius 2 is 2.00 bits per heavy atom. The molecule has 1 saturated heterocycles. The lowest BCUT2D eigenvalue weighted by Crippen LogP contribution is -2.43. The van der Waals surface area contributed by atoms with Gasteiger partial charge in [0.2, 0.25) is 11.8 Å². The molecular weight excluding hydrogens is 372 g/mol. The molecule has 2 aromatic rings. The van der Waals surface area contributed by atoms with Crippen molar-refractivity contribution in [2.45, 2.75) is 12.5 Å². The number of nitriles is 1. The van der Waals surface area contributed by atoms with E-state index in [1.807, 2.05) is 18.2 Å². The summed E-state index contributed by atoms with van der Waals surface area (Å²) in [5, 5.41) is 16.2. The minimum atomic E-state index is -0.700. The first kappa shape index (κ1) is 20.1. The molecule has 1 aromatic carbocycles. The van der Waals surface area contributed by atoms with Crippen LogP contribution in [0.25, 0.3) is 0 Å². The molecule has 150 valence electrons. The van der Waals surface area contributed by atoms with Gasteiger partial charge in [0.05, 0.1) is 18.5 Å². The Labute approximate surface area is 168 Å². The molecule has 0 bridgehead atoms. The van der Waals surface area contributed by atoms with E-state index in [2.05, 4.69) is 16.5 Å². The number of amides is 3. The van der Waals surface area contributed by atoms with E-state index < -0.39 is 12.0 Å². The van der Waals surface area contributed by atoms with Crippen molar-refractivity contribution in [1.29, 1.82) is 5.26 Å². The maximum absolute atomic E-state index is 12.7. The van der Waals surface area contributed by atoms with E-state index in [9.17, 15) is 19.6 Å². The van der Waals surface area contributed by atoms with Crippen molar-refractivity contribution in [3.63, 3.8) is 0 Å².